The van der Waals surface area contributed by atoms with Crippen molar-refractivity contribution in [2.75, 3.05) is 31.5 Å². The zero-order valence-corrected chi connectivity index (χ0v) is 22.5. The van der Waals surface area contributed by atoms with Crippen molar-refractivity contribution in [1.82, 2.24) is 0 Å². The maximum Gasteiger partial charge on any atom is 0.279 e. The Morgan fingerprint density at radius 2 is 1.40 bits per heavy atom. The third kappa shape index (κ3) is 8.61. The first-order valence-electron chi connectivity index (χ1n) is 11.1. The van der Waals surface area contributed by atoms with Gasteiger partial charge in [0.1, 0.15) is 0 Å². The van der Waals surface area contributed by atoms with Gasteiger partial charge in [-0.15, -0.1) is 0 Å². The Bertz CT molecular complexity index is 758. The van der Waals surface area contributed by atoms with Crippen LogP contribution in [0.3, 0.4) is 0 Å². The molecule has 3 nitrogen and oxygen atoms in total. The third-order valence-electron chi connectivity index (χ3n) is 6.05. The number of benzene rings is 2. The van der Waals surface area contributed by atoms with Crippen LogP contribution in [0.15, 0.2) is 42.5 Å². The van der Waals surface area contributed by atoms with Crippen molar-refractivity contribution in [3.8, 4) is 0 Å². The van der Waals surface area contributed by atoms with Gasteiger partial charge >= 0.3 is 0 Å². The maximum atomic E-state index is 12.6. The summed E-state index contributed by atoms with van der Waals surface area (Å²) < 4.78 is 0.954. The number of rotatable bonds is 4. The smallest absolute Gasteiger partial charge is 0.279 e. The van der Waals surface area contributed by atoms with Crippen molar-refractivity contribution >= 4 is 11.6 Å². The Labute approximate surface area is 209 Å². The van der Waals surface area contributed by atoms with E-state index in [1.807, 2.05) is 18.2 Å². The molecule has 0 atom stereocenters. The van der Waals surface area contributed by atoms with E-state index in [4.69, 9.17) is 0 Å². The van der Waals surface area contributed by atoms with Gasteiger partial charge in [0.2, 0.25) is 0 Å². The standard InChI is InChI=1S/C19H30N2O.C7H8.Y/c1-5-21(10-8-6-7-9-11-21)14-18(22)20-19-16(3)12-15(2)13-17(19)4;1-7-5-3-2-4-6-7;/h12-13H,5-11,14H2,1-4H3;2-6H,1H3;/p+1. The van der Waals surface area contributed by atoms with E-state index in [-0.39, 0.29) is 38.6 Å². The number of likely N-dealkylation sites (N-methyl/N-ethyl adjacent to an activating group) is 1. The van der Waals surface area contributed by atoms with E-state index in [9.17, 15) is 4.79 Å². The fraction of sp³-hybridized carbons (Fsp3) is 0.500. The quantitative estimate of drug-likeness (QED) is 0.534. The van der Waals surface area contributed by atoms with Crippen LogP contribution in [0.4, 0.5) is 5.69 Å². The van der Waals surface area contributed by atoms with Crippen LogP contribution in [-0.2, 0) is 37.5 Å². The normalized spacial score (nSPS) is 15.1. The van der Waals surface area contributed by atoms with Gasteiger partial charge in [-0.25, -0.2) is 0 Å². The summed E-state index contributed by atoms with van der Waals surface area (Å²) in [5.41, 5.74) is 5.88. The van der Waals surface area contributed by atoms with Gasteiger partial charge in [0, 0.05) is 38.4 Å². The number of nitrogens with zero attached hydrogens (tertiary/aromatic N) is 1. The Morgan fingerprint density at radius 1 is 0.867 bits per heavy atom. The Hall–Kier alpha value is -1.03. The molecular weight excluding hydrogens is 445 g/mol. The molecule has 30 heavy (non-hydrogen) atoms. The topological polar surface area (TPSA) is 29.1 Å². The third-order valence-corrected chi connectivity index (χ3v) is 6.05. The minimum Gasteiger partial charge on any atom is -0.321 e. The predicted octanol–water partition coefficient (Wildman–Crippen LogP) is 5.95. The van der Waals surface area contributed by atoms with Crippen molar-refractivity contribution < 1.29 is 42.0 Å². The van der Waals surface area contributed by atoms with E-state index in [1.165, 1.54) is 36.8 Å². The number of carbonyl (C=O) groups is 1. The molecule has 2 aromatic carbocycles. The van der Waals surface area contributed by atoms with Crippen molar-refractivity contribution in [1.29, 1.82) is 0 Å². The van der Waals surface area contributed by atoms with Crippen LogP contribution >= 0.6 is 0 Å². The second-order valence-electron chi connectivity index (χ2n) is 8.65. The molecule has 0 aliphatic carbocycles. The van der Waals surface area contributed by atoms with Crippen molar-refractivity contribution in [3.63, 3.8) is 0 Å². The molecule has 1 aliphatic rings. The molecule has 3 rings (SSSR count). The first kappa shape index (κ1) is 27.0. The number of hydrogen-bond donors (Lipinski definition) is 1. The molecule has 1 amide bonds. The number of anilines is 1. The molecule has 0 saturated carbocycles. The van der Waals surface area contributed by atoms with Gasteiger partial charge in [0.05, 0.1) is 19.6 Å². The van der Waals surface area contributed by atoms with E-state index in [1.54, 1.807) is 0 Å². The summed E-state index contributed by atoms with van der Waals surface area (Å²) in [7, 11) is 0. The largest absolute Gasteiger partial charge is 0.321 e. The molecule has 1 N–H and O–H groups in total. The zero-order chi connectivity index (χ0) is 21.3. The molecular formula is C26H39N2OY+. The maximum absolute atomic E-state index is 12.6. The van der Waals surface area contributed by atoms with E-state index < -0.39 is 0 Å². The van der Waals surface area contributed by atoms with Gasteiger partial charge in [0.15, 0.2) is 6.54 Å². The number of carbonyl (C=O) groups excluding carboxylic acids is 1. The molecule has 1 saturated heterocycles. The van der Waals surface area contributed by atoms with Crippen molar-refractivity contribution in [2.45, 2.75) is 60.3 Å². The monoisotopic (exact) mass is 484 g/mol. The molecule has 1 aliphatic heterocycles. The molecule has 4 heteroatoms. The summed E-state index contributed by atoms with van der Waals surface area (Å²) in [5, 5.41) is 3.18. The van der Waals surface area contributed by atoms with Gasteiger partial charge in [-0.3, -0.25) is 4.79 Å². The minimum atomic E-state index is 0. The number of likely N-dealkylation sites (tertiary alicyclic amines) is 1. The molecule has 0 unspecified atom stereocenters. The van der Waals surface area contributed by atoms with E-state index in [2.05, 4.69) is 64.2 Å². The van der Waals surface area contributed by atoms with Crippen molar-refractivity contribution in [3.05, 3.63) is 64.7 Å². The molecule has 0 spiro atoms. The Morgan fingerprint density at radius 3 is 1.83 bits per heavy atom. The fourth-order valence-electron chi connectivity index (χ4n) is 4.34. The molecule has 1 radical (unpaired) electrons. The van der Waals surface area contributed by atoms with Crippen LogP contribution < -0.4 is 5.32 Å². The second-order valence-corrected chi connectivity index (χ2v) is 8.65. The second kappa shape index (κ2) is 13.4. The number of amides is 1. The molecule has 161 valence electrons. The van der Waals surface area contributed by atoms with Crippen LogP contribution in [0.25, 0.3) is 0 Å². The molecule has 1 fully saturated rings. The Balaban J connectivity index is 0.000000477. The molecule has 0 aromatic heterocycles. The summed E-state index contributed by atoms with van der Waals surface area (Å²) in [5.74, 6) is 0.166. The van der Waals surface area contributed by atoms with E-state index in [0.29, 0.717) is 6.54 Å². The van der Waals surface area contributed by atoms with Crippen LogP contribution in [0.1, 0.15) is 54.9 Å². The van der Waals surface area contributed by atoms with Crippen LogP contribution in [0.2, 0.25) is 0 Å². The summed E-state index contributed by atoms with van der Waals surface area (Å²) in [4.78, 5) is 12.6. The Kier molecular flexibility index (Phi) is 12.1. The number of quaternary nitrogens is 1. The van der Waals surface area contributed by atoms with Gasteiger partial charge in [-0.2, -0.15) is 0 Å². The molecule has 0 bridgehead atoms. The average molecular weight is 485 g/mol. The summed E-state index contributed by atoms with van der Waals surface area (Å²) in [6.07, 6.45) is 5.14. The van der Waals surface area contributed by atoms with Gasteiger partial charge < -0.3 is 9.80 Å². The van der Waals surface area contributed by atoms with E-state index >= 15 is 0 Å². The van der Waals surface area contributed by atoms with E-state index in [0.717, 1.165) is 40.9 Å². The zero-order valence-electron chi connectivity index (χ0n) is 19.6. The van der Waals surface area contributed by atoms with Gasteiger partial charge in [-0.05, 0) is 71.4 Å². The van der Waals surface area contributed by atoms with Crippen molar-refractivity contribution in [2.24, 2.45) is 0 Å². The predicted molar refractivity (Wildman–Crippen MR) is 124 cm³/mol. The van der Waals surface area contributed by atoms with Crippen LogP contribution in [-0.4, -0.2) is 36.6 Å². The van der Waals surface area contributed by atoms with Gasteiger partial charge in [0.25, 0.3) is 5.91 Å². The summed E-state index contributed by atoms with van der Waals surface area (Å²) in [6.45, 7) is 14.5. The molecule has 1 heterocycles. The first-order valence-corrected chi connectivity index (χ1v) is 11.1. The molecule has 2 aromatic rings. The first-order chi connectivity index (χ1) is 13.8. The number of aryl methyl sites for hydroxylation is 4. The fourth-order valence-corrected chi connectivity index (χ4v) is 4.34. The number of nitrogens with one attached hydrogen (secondary N) is 1. The summed E-state index contributed by atoms with van der Waals surface area (Å²) in [6, 6.07) is 14.5. The minimum absolute atomic E-state index is 0. The van der Waals surface area contributed by atoms with Crippen LogP contribution in [0.5, 0.6) is 0 Å². The average Bonchev–Trinajstić information content (AvgIpc) is 2.92. The summed E-state index contributed by atoms with van der Waals surface area (Å²) >= 11 is 0. The SMILES string of the molecule is CC[N+]1(CC(=O)Nc2c(C)cc(C)cc2C)CCCCCC1.Cc1ccccc1.[Y]. The number of hydrogen-bond acceptors (Lipinski definition) is 1. The van der Waals surface area contributed by atoms with Crippen LogP contribution in [0, 0.1) is 27.7 Å². The van der Waals surface area contributed by atoms with Gasteiger partial charge in [-0.1, -0.05) is 53.6 Å².